The molecule has 0 radical (unpaired) electrons. The molecule has 0 N–H and O–H groups in total. The Bertz CT molecular complexity index is 174. The molecule has 0 nitrogen and oxygen atoms in total. The van der Waals surface area contributed by atoms with Gasteiger partial charge in [-0.25, -0.2) is 0 Å². The third-order valence-corrected chi connectivity index (χ3v) is 5.08. The van der Waals surface area contributed by atoms with Crippen molar-refractivity contribution >= 4 is 0 Å². The molecular weight excluding hydrogens is 228 g/mol. The third-order valence-electron chi connectivity index (χ3n) is 5.08. The van der Waals surface area contributed by atoms with Crippen LogP contribution in [0.25, 0.3) is 0 Å². The summed E-state index contributed by atoms with van der Waals surface area (Å²) >= 11 is 0. The Morgan fingerprint density at radius 1 is 0.526 bits per heavy atom. The van der Waals surface area contributed by atoms with Crippen LogP contribution in [0.2, 0.25) is 0 Å². The fraction of sp³-hybridized carbons (Fsp3) is 1.00. The maximum absolute atomic E-state index is 2.27. The molecule has 2 saturated carbocycles. The zero-order valence-corrected chi connectivity index (χ0v) is 13.8. The minimum Gasteiger partial charge on any atom is -0.0654 e. The molecular formula is C19H38. The minimum atomic E-state index is 0.929. The van der Waals surface area contributed by atoms with Gasteiger partial charge in [0.15, 0.2) is 0 Å². The highest BCUT2D eigenvalue weighted by atomic mass is 14.5. The van der Waals surface area contributed by atoms with Crippen molar-refractivity contribution in [1.29, 1.82) is 0 Å². The van der Waals surface area contributed by atoms with Gasteiger partial charge in [-0.15, -0.1) is 0 Å². The van der Waals surface area contributed by atoms with Gasteiger partial charge in [-0.3, -0.25) is 0 Å². The highest BCUT2D eigenvalue weighted by molar-refractivity contribution is 4.94. The molecule has 0 bridgehead atoms. The van der Waals surface area contributed by atoms with Gasteiger partial charge in [0.05, 0.1) is 0 Å². The van der Waals surface area contributed by atoms with E-state index in [1.165, 1.54) is 77.0 Å². The van der Waals surface area contributed by atoms with Crippen LogP contribution in [0.3, 0.4) is 0 Å². The molecule has 2 aliphatic carbocycles. The van der Waals surface area contributed by atoms with Crippen molar-refractivity contribution in [3.8, 4) is 0 Å². The quantitative estimate of drug-likeness (QED) is 0.405. The molecule has 0 aromatic rings. The molecule has 2 fully saturated rings. The minimum absolute atomic E-state index is 0.929. The molecule has 0 unspecified atom stereocenters. The van der Waals surface area contributed by atoms with Crippen molar-refractivity contribution in [2.24, 2.45) is 5.41 Å². The first kappa shape index (κ1) is 17.1. The molecule has 0 aromatic carbocycles. The molecule has 0 aliphatic heterocycles. The van der Waals surface area contributed by atoms with Crippen LogP contribution in [0.15, 0.2) is 0 Å². The molecule has 19 heavy (non-hydrogen) atoms. The van der Waals surface area contributed by atoms with Crippen molar-refractivity contribution in [2.75, 3.05) is 0 Å². The monoisotopic (exact) mass is 266 g/mol. The third kappa shape index (κ3) is 8.71. The second-order valence-corrected chi connectivity index (χ2v) is 7.04. The zero-order chi connectivity index (χ0) is 13.8. The van der Waals surface area contributed by atoms with Gasteiger partial charge in [-0.1, -0.05) is 90.9 Å². The standard InChI is InChI=1S/C11H24.C8H14/c1-3-5-7-9-11-10-8-6-4-2;1-2-4-8(5-3-1)6-7-8/h3-11H2,1-2H3;1-7H2. The summed E-state index contributed by atoms with van der Waals surface area (Å²) in [5, 5.41) is 0. The topological polar surface area (TPSA) is 0 Å². The SMILES string of the molecule is C1CCC2(CC1)CC2.CCCCCCCCCCC. The van der Waals surface area contributed by atoms with Gasteiger partial charge in [0.1, 0.15) is 0 Å². The Morgan fingerprint density at radius 2 is 0.947 bits per heavy atom. The Labute approximate surface area is 122 Å². The van der Waals surface area contributed by atoms with E-state index in [0.717, 1.165) is 5.41 Å². The summed E-state index contributed by atoms with van der Waals surface area (Å²) in [5.74, 6) is 0. The highest BCUT2D eigenvalue weighted by Gasteiger charge is 2.42. The molecule has 0 heterocycles. The molecule has 0 heteroatoms. The van der Waals surface area contributed by atoms with Crippen LogP contribution in [0.4, 0.5) is 0 Å². The van der Waals surface area contributed by atoms with Crippen LogP contribution in [-0.4, -0.2) is 0 Å². The van der Waals surface area contributed by atoms with E-state index < -0.39 is 0 Å². The predicted molar refractivity (Wildman–Crippen MR) is 87.7 cm³/mol. The van der Waals surface area contributed by atoms with Gasteiger partial charge in [-0.2, -0.15) is 0 Å². The lowest BCUT2D eigenvalue weighted by atomic mass is 9.87. The maximum atomic E-state index is 2.27. The van der Waals surface area contributed by atoms with Gasteiger partial charge in [-0.05, 0) is 31.1 Å². The molecule has 2 rings (SSSR count). The molecule has 0 saturated heterocycles. The lowest BCUT2D eigenvalue weighted by molar-refractivity contribution is 0.337. The zero-order valence-electron chi connectivity index (χ0n) is 13.8. The fourth-order valence-electron chi connectivity index (χ4n) is 3.36. The van der Waals surface area contributed by atoms with Crippen LogP contribution in [0.5, 0.6) is 0 Å². The Balaban J connectivity index is 0.000000196. The van der Waals surface area contributed by atoms with Crippen LogP contribution in [-0.2, 0) is 0 Å². The molecule has 1 spiro atoms. The van der Waals surface area contributed by atoms with Crippen LogP contribution in [0, 0.1) is 5.41 Å². The maximum Gasteiger partial charge on any atom is -0.0297 e. The summed E-state index contributed by atoms with van der Waals surface area (Å²) in [5.41, 5.74) is 0.929. The van der Waals surface area contributed by atoms with E-state index >= 15 is 0 Å². The van der Waals surface area contributed by atoms with E-state index in [0.29, 0.717) is 0 Å². The highest BCUT2D eigenvalue weighted by Crippen LogP contribution is 2.55. The first-order valence-electron chi connectivity index (χ1n) is 9.33. The van der Waals surface area contributed by atoms with Crippen LogP contribution in [0.1, 0.15) is 117 Å². The Hall–Kier alpha value is 0. The fourth-order valence-corrected chi connectivity index (χ4v) is 3.36. The van der Waals surface area contributed by atoms with Crippen LogP contribution < -0.4 is 0 Å². The van der Waals surface area contributed by atoms with E-state index in [1.807, 2.05) is 0 Å². The second-order valence-electron chi connectivity index (χ2n) is 7.04. The van der Waals surface area contributed by atoms with Crippen molar-refractivity contribution < 1.29 is 0 Å². The smallest absolute Gasteiger partial charge is 0.0297 e. The first-order valence-corrected chi connectivity index (χ1v) is 9.33. The lowest BCUT2D eigenvalue weighted by Gasteiger charge is -2.19. The largest absolute Gasteiger partial charge is 0.0654 e. The van der Waals surface area contributed by atoms with E-state index in [9.17, 15) is 0 Å². The summed E-state index contributed by atoms with van der Waals surface area (Å²) in [7, 11) is 0. The molecule has 0 atom stereocenters. The molecule has 114 valence electrons. The number of hydrogen-bond acceptors (Lipinski definition) is 0. The molecule has 0 aromatic heterocycles. The van der Waals surface area contributed by atoms with E-state index in [-0.39, 0.29) is 0 Å². The van der Waals surface area contributed by atoms with Gasteiger partial charge < -0.3 is 0 Å². The van der Waals surface area contributed by atoms with E-state index in [1.54, 1.807) is 25.7 Å². The molecule has 0 amide bonds. The number of unbranched alkanes of at least 4 members (excludes halogenated alkanes) is 8. The van der Waals surface area contributed by atoms with Gasteiger partial charge in [0.2, 0.25) is 0 Å². The average molecular weight is 267 g/mol. The van der Waals surface area contributed by atoms with Gasteiger partial charge in [0.25, 0.3) is 0 Å². The van der Waals surface area contributed by atoms with E-state index in [4.69, 9.17) is 0 Å². The van der Waals surface area contributed by atoms with Gasteiger partial charge in [0, 0.05) is 0 Å². The summed E-state index contributed by atoms with van der Waals surface area (Å²) in [4.78, 5) is 0. The molecule has 2 aliphatic rings. The summed E-state index contributed by atoms with van der Waals surface area (Å²) in [6.45, 7) is 4.55. The van der Waals surface area contributed by atoms with Crippen molar-refractivity contribution in [1.82, 2.24) is 0 Å². The Morgan fingerprint density at radius 3 is 1.26 bits per heavy atom. The first-order chi connectivity index (χ1) is 9.33. The average Bonchev–Trinajstić information content (AvgIpc) is 3.19. The summed E-state index contributed by atoms with van der Waals surface area (Å²) in [6.07, 6.45) is 23.8. The predicted octanol–water partition coefficient (Wildman–Crippen LogP) is 7.27. The lowest BCUT2D eigenvalue weighted by Crippen LogP contribution is -2.05. The van der Waals surface area contributed by atoms with E-state index in [2.05, 4.69) is 13.8 Å². The van der Waals surface area contributed by atoms with Crippen molar-refractivity contribution in [2.45, 2.75) is 117 Å². The van der Waals surface area contributed by atoms with Crippen molar-refractivity contribution in [3.05, 3.63) is 0 Å². The summed E-state index contributed by atoms with van der Waals surface area (Å²) in [6, 6.07) is 0. The van der Waals surface area contributed by atoms with Crippen LogP contribution >= 0.6 is 0 Å². The Kier molecular flexibility index (Phi) is 9.65. The second kappa shape index (κ2) is 10.7. The number of hydrogen-bond donors (Lipinski definition) is 0. The normalized spacial score (nSPS) is 19.9. The van der Waals surface area contributed by atoms with Gasteiger partial charge >= 0.3 is 0 Å². The number of rotatable bonds is 8. The van der Waals surface area contributed by atoms with Crippen molar-refractivity contribution in [3.63, 3.8) is 0 Å². The summed E-state index contributed by atoms with van der Waals surface area (Å²) < 4.78 is 0.